The van der Waals surface area contributed by atoms with Gasteiger partial charge in [-0.25, -0.2) is 0 Å². The first kappa shape index (κ1) is 17.0. The maximum atomic E-state index is 5.10. The highest BCUT2D eigenvalue weighted by atomic mass is 32.1. The fourth-order valence-electron chi connectivity index (χ4n) is 2.37. The van der Waals surface area contributed by atoms with Gasteiger partial charge in [0.25, 0.3) is 0 Å². The molecule has 0 aliphatic heterocycles. The quantitative estimate of drug-likeness (QED) is 0.383. The van der Waals surface area contributed by atoms with E-state index in [1.165, 1.54) is 11.3 Å². The van der Waals surface area contributed by atoms with Crippen molar-refractivity contribution in [1.82, 2.24) is 15.3 Å². The van der Waals surface area contributed by atoms with Gasteiger partial charge in [0, 0.05) is 29.2 Å². The summed E-state index contributed by atoms with van der Waals surface area (Å²) in [6.45, 7) is 10.5. The Morgan fingerprint density at radius 2 is 1.96 bits per heavy atom. The minimum Gasteiger partial charge on any atom is -0.358 e. The third-order valence-corrected chi connectivity index (χ3v) is 3.77. The van der Waals surface area contributed by atoms with Crippen LogP contribution in [-0.4, -0.2) is 22.4 Å². The maximum absolute atomic E-state index is 5.10. The van der Waals surface area contributed by atoms with E-state index >= 15 is 0 Å². The number of hydrazone groups is 1. The molecule has 4 nitrogen and oxygen atoms in total. The Balaban J connectivity index is 2.16. The SMILES string of the molecule is C=CCNC(=S)NN=Cc1cc(C)n(-c2ccc(C)cc2)c1C. The molecule has 0 aliphatic rings. The van der Waals surface area contributed by atoms with Gasteiger partial charge in [0.2, 0.25) is 0 Å². The Bertz CT molecular complexity index is 726. The van der Waals surface area contributed by atoms with Crippen molar-refractivity contribution in [3.63, 3.8) is 0 Å². The van der Waals surface area contributed by atoms with Gasteiger partial charge in [0.1, 0.15) is 0 Å². The molecule has 5 heteroatoms. The highest BCUT2D eigenvalue weighted by Gasteiger charge is 2.09. The molecule has 1 aromatic heterocycles. The molecule has 0 bridgehead atoms. The van der Waals surface area contributed by atoms with Gasteiger partial charge in [-0.05, 0) is 51.2 Å². The summed E-state index contributed by atoms with van der Waals surface area (Å²) in [5.74, 6) is 0. The molecule has 0 atom stereocenters. The van der Waals surface area contributed by atoms with Crippen molar-refractivity contribution in [1.29, 1.82) is 0 Å². The van der Waals surface area contributed by atoms with Crippen LogP contribution in [0.1, 0.15) is 22.5 Å². The lowest BCUT2D eigenvalue weighted by Crippen LogP contribution is -2.31. The molecule has 0 fully saturated rings. The number of nitrogens with zero attached hydrogens (tertiary/aromatic N) is 2. The van der Waals surface area contributed by atoms with Crippen LogP contribution >= 0.6 is 12.2 Å². The van der Waals surface area contributed by atoms with Crippen LogP contribution in [0.25, 0.3) is 5.69 Å². The molecule has 0 saturated carbocycles. The first-order valence-corrected chi connectivity index (χ1v) is 7.87. The lowest BCUT2D eigenvalue weighted by Gasteiger charge is -2.09. The number of hydrogen-bond donors (Lipinski definition) is 2. The minimum atomic E-state index is 0.480. The molecule has 2 rings (SSSR count). The van der Waals surface area contributed by atoms with Crippen LogP contribution in [-0.2, 0) is 0 Å². The van der Waals surface area contributed by atoms with E-state index in [9.17, 15) is 0 Å². The van der Waals surface area contributed by atoms with E-state index in [1.807, 2.05) is 0 Å². The number of nitrogens with one attached hydrogen (secondary N) is 2. The monoisotopic (exact) mass is 326 g/mol. The van der Waals surface area contributed by atoms with Gasteiger partial charge in [-0.1, -0.05) is 23.8 Å². The standard InChI is InChI=1S/C18H22N4S/c1-5-10-19-18(23)21-20-12-16-11-14(3)22(15(16)4)17-8-6-13(2)7-9-17/h5-9,11-12H,1,10H2,2-4H3,(H2,19,21,23). The Morgan fingerprint density at radius 1 is 1.26 bits per heavy atom. The Morgan fingerprint density at radius 3 is 2.61 bits per heavy atom. The molecule has 0 saturated heterocycles. The summed E-state index contributed by atoms with van der Waals surface area (Å²) in [6.07, 6.45) is 3.53. The van der Waals surface area contributed by atoms with Gasteiger partial charge < -0.3 is 9.88 Å². The first-order chi connectivity index (χ1) is 11.0. The van der Waals surface area contributed by atoms with Gasteiger partial charge in [-0.15, -0.1) is 6.58 Å². The molecular weight excluding hydrogens is 304 g/mol. The Hall–Kier alpha value is -2.40. The van der Waals surface area contributed by atoms with Crippen molar-refractivity contribution < 1.29 is 0 Å². The van der Waals surface area contributed by atoms with Gasteiger partial charge in [-0.3, -0.25) is 5.43 Å². The lowest BCUT2D eigenvalue weighted by atomic mass is 10.2. The molecule has 0 spiro atoms. The van der Waals surface area contributed by atoms with Crippen molar-refractivity contribution in [3.8, 4) is 5.69 Å². The summed E-state index contributed by atoms with van der Waals surface area (Å²) in [4.78, 5) is 0. The van der Waals surface area contributed by atoms with Crippen molar-refractivity contribution in [3.05, 3.63) is 65.5 Å². The van der Waals surface area contributed by atoms with E-state index in [4.69, 9.17) is 12.2 Å². The van der Waals surface area contributed by atoms with Crippen molar-refractivity contribution in [2.24, 2.45) is 5.10 Å². The first-order valence-electron chi connectivity index (χ1n) is 7.46. The largest absolute Gasteiger partial charge is 0.358 e. The number of thiocarbonyl (C=S) groups is 1. The minimum absolute atomic E-state index is 0.480. The zero-order valence-electron chi connectivity index (χ0n) is 13.8. The summed E-state index contributed by atoms with van der Waals surface area (Å²) in [5, 5.41) is 7.64. The number of aryl methyl sites for hydroxylation is 2. The average Bonchev–Trinajstić information content (AvgIpc) is 2.81. The van der Waals surface area contributed by atoms with E-state index in [0.29, 0.717) is 11.7 Å². The third-order valence-electron chi connectivity index (χ3n) is 3.54. The highest BCUT2D eigenvalue weighted by molar-refractivity contribution is 7.80. The lowest BCUT2D eigenvalue weighted by molar-refractivity contribution is 0.940. The number of rotatable bonds is 5. The predicted octanol–water partition coefficient (Wildman–Crippen LogP) is 3.39. The van der Waals surface area contributed by atoms with Crippen LogP contribution in [0, 0.1) is 20.8 Å². The summed E-state index contributed by atoms with van der Waals surface area (Å²) in [6, 6.07) is 10.6. The van der Waals surface area contributed by atoms with Crippen molar-refractivity contribution >= 4 is 23.5 Å². The Kier molecular flexibility index (Phi) is 5.71. The molecule has 0 aliphatic carbocycles. The molecule has 23 heavy (non-hydrogen) atoms. The molecule has 1 aromatic carbocycles. The molecule has 0 radical (unpaired) electrons. The number of benzene rings is 1. The molecule has 120 valence electrons. The van der Waals surface area contributed by atoms with E-state index < -0.39 is 0 Å². The normalized spacial score (nSPS) is 10.7. The van der Waals surface area contributed by atoms with E-state index in [-0.39, 0.29) is 0 Å². The van der Waals surface area contributed by atoms with Crippen molar-refractivity contribution in [2.75, 3.05) is 6.54 Å². The topological polar surface area (TPSA) is 41.4 Å². The van der Waals surface area contributed by atoms with Gasteiger partial charge >= 0.3 is 0 Å². The molecule has 0 amide bonds. The van der Waals surface area contributed by atoms with E-state index in [1.54, 1.807) is 12.3 Å². The van der Waals surface area contributed by atoms with E-state index in [0.717, 1.165) is 16.9 Å². The molecular formula is C18H22N4S. The Labute approximate surface area is 142 Å². The highest BCUT2D eigenvalue weighted by Crippen LogP contribution is 2.20. The zero-order valence-corrected chi connectivity index (χ0v) is 14.6. The second kappa shape index (κ2) is 7.74. The molecule has 2 aromatic rings. The predicted molar refractivity (Wildman–Crippen MR) is 102 cm³/mol. The summed E-state index contributed by atoms with van der Waals surface area (Å²) in [7, 11) is 0. The van der Waals surface area contributed by atoms with Crippen LogP contribution < -0.4 is 10.7 Å². The summed E-state index contributed by atoms with van der Waals surface area (Å²) < 4.78 is 2.22. The molecule has 0 unspecified atom stereocenters. The molecule has 1 heterocycles. The number of aromatic nitrogens is 1. The van der Waals surface area contributed by atoms with Crippen molar-refractivity contribution in [2.45, 2.75) is 20.8 Å². The fourth-order valence-corrected chi connectivity index (χ4v) is 2.51. The second-order valence-electron chi connectivity index (χ2n) is 5.37. The molecule has 2 N–H and O–H groups in total. The second-order valence-corrected chi connectivity index (χ2v) is 5.77. The third kappa shape index (κ3) is 4.29. The average molecular weight is 326 g/mol. The zero-order chi connectivity index (χ0) is 16.8. The van der Waals surface area contributed by atoms with Crippen LogP contribution in [0.15, 0.2) is 48.1 Å². The smallest absolute Gasteiger partial charge is 0.187 e. The van der Waals surface area contributed by atoms with Crippen LogP contribution in [0.5, 0.6) is 0 Å². The summed E-state index contributed by atoms with van der Waals surface area (Å²) >= 11 is 5.10. The van der Waals surface area contributed by atoms with Gasteiger partial charge in [0.15, 0.2) is 5.11 Å². The van der Waals surface area contributed by atoms with Crippen LogP contribution in [0.2, 0.25) is 0 Å². The van der Waals surface area contributed by atoms with E-state index in [2.05, 4.69) is 78.1 Å². The number of hydrogen-bond acceptors (Lipinski definition) is 2. The fraction of sp³-hybridized carbons (Fsp3) is 0.222. The maximum Gasteiger partial charge on any atom is 0.187 e. The summed E-state index contributed by atoms with van der Waals surface area (Å²) in [5.41, 5.74) is 8.57. The van der Waals surface area contributed by atoms with Crippen LogP contribution in [0.3, 0.4) is 0 Å². The van der Waals surface area contributed by atoms with Gasteiger partial charge in [-0.2, -0.15) is 5.10 Å². The van der Waals surface area contributed by atoms with Crippen LogP contribution in [0.4, 0.5) is 0 Å². The van der Waals surface area contributed by atoms with Gasteiger partial charge in [0.05, 0.1) is 6.21 Å².